The van der Waals surface area contributed by atoms with E-state index < -0.39 is 17.9 Å². The van der Waals surface area contributed by atoms with Gasteiger partial charge in [0.1, 0.15) is 6.04 Å². The zero-order chi connectivity index (χ0) is 8.15. The van der Waals surface area contributed by atoms with Crippen molar-refractivity contribution < 1.29 is 9.90 Å². The van der Waals surface area contributed by atoms with Crippen molar-refractivity contribution in [3.63, 3.8) is 0 Å². The Hall–Kier alpha value is -1.08. The predicted octanol–water partition coefficient (Wildman–Crippen LogP) is -0.0519. The van der Waals surface area contributed by atoms with Crippen molar-refractivity contribution in [3.8, 4) is 6.07 Å². The topological polar surface area (TPSA) is 87.1 Å². The summed E-state index contributed by atoms with van der Waals surface area (Å²) in [6.45, 7) is 1.73. The molecule has 2 atom stereocenters. The molecular weight excluding hydrogens is 132 g/mol. The minimum Gasteiger partial charge on any atom is -0.480 e. The van der Waals surface area contributed by atoms with Gasteiger partial charge >= 0.3 is 5.97 Å². The van der Waals surface area contributed by atoms with Crippen molar-refractivity contribution in [2.24, 2.45) is 11.7 Å². The van der Waals surface area contributed by atoms with E-state index in [1.807, 2.05) is 6.07 Å². The summed E-state index contributed by atoms with van der Waals surface area (Å²) in [4.78, 5) is 10.2. The number of hydrogen-bond donors (Lipinski definition) is 2. The van der Waals surface area contributed by atoms with E-state index in [0.29, 0.717) is 6.42 Å². The fraction of sp³-hybridized carbons (Fsp3) is 0.667. The molecule has 0 rings (SSSR count). The highest BCUT2D eigenvalue weighted by Crippen LogP contribution is 2.04. The highest BCUT2D eigenvalue weighted by molar-refractivity contribution is 5.73. The van der Waals surface area contributed by atoms with Gasteiger partial charge in [-0.1, -0.05) is 6.92 Å². The second-order valence-electron chi connectivity index (χ2n) is 2.01. The molecule has 0 radical (unpaired) electrons. The van der Waals surface area contributed by atoms with Gasteiger partial charge in [-0.25, -0.2) is 0 Å². The molecular formula is C6H10N2O2. The molecule has 4 heteroatoms. The van der Waals surface area contributed by atoms with Gasteiger partial charge in [0.25, 0.3) is 0 Å². The first-order valence-corrected chi connectivity index (χ1v) is 3.01. The minimum atomic E-state index is -1.12. The lowest BCUT2D eigenvalue weighted by Crippen LogP contribution is -2.36. The molecule has 4 nitrogen and oxygen atoms in total. The molecule has 3 N–H and O–H groups in total. The second-order valence-corrected chi connectivity index (χ2v) is 2.01. The molecule has 1 unspecified atom stereocenters. The summed E-state index contributed by atoms with van der Waals surface area (Å²) in [7, 11) is 0. The molecule has 0 aliphatic carbocycles. The third kappa shape index (κ3) is 2.03. The standard InChI is InChI=1S/C6H10N2O2/c1-2-4(3-7)5(8)6(9)10/h4-5H,2,8H2,1H3,(H,9,10)/t4?,5-/m1/s1. The molecule has 10 heavy (non-hydrogen) atoms. The first-order valence-electron chi connectivity index (χ1n) is 3.01. The molecule has 0 spiro atoms. The number of carboxylic acids is 1. The fourth-order valence-electron chi connectivity index (χ4n) is 0.598. The molecule has 0 fully saturated rings. The maximum absolute atomic E-state index is 10.2. The Morgan fingerprint density at radius 1 is 1.90 bits per heavy atom. The minimum absolute atomic E-state index is 0.476. The fourth-order valence-corrected chi connectivity index (χ4v) is 0.598. The lowest BCUT2D eigenvalue weighted by Gasteiger charge is -2.09. The molecule has 0 saturated heterocycles. The highest BCUT2D eigenvalue weighted by atomic mass is 16.4. The van der Waals surface area contributed by atoms with Crippen LogP contribution >= 0.6 is 0 Å². The Morgan fingerprint density at radius 3 is 2.50 bits per heavy atom. The number of carbonyl (C=O) groups is 1. The van der Waals surface area contributed by atoms with Crippen LogP contribution in [0.3, 0.4) is 0 Å². The smallest absolute Gasteiger partial charge is 0.321 e. The predicted molar refractivity (Wildman–Crippen MR) is 35.0 cm³/mol. The molecule has 56 valence electrons. The van der Waals surface area contributed by atoms with Gasteiger partial charge in [-0.2, -0.15) is 5.26 Å². The van der Waals surface area contributed by atoms with Crippen molar-refractivity contribution >= 4 is 5.97 Å². The SMILES string of the molecule is CCC(C#N)[C@@H](N)C(=O)O. The molecule has 0 aliphatic rings. The molecule has 0 aromatic rings. The van der Waals surface area contributed by atoms with Gasteiger partial charge in [-0.15, -0.1) is 0 Å². The van der Waals surface area contributed by atoms with Crippen molar-refractivity contribution in [1.29, 1.82) is 5.26 Å². The molecule has 0 amide bonds. The highest BCUT2D eigenvalue weighted by Gasteiger charge is 2.21. The van der Waals surface area contributed by atoms with Crippen molar-refractivity contribution in [3.05, 3.63) is 0 Å². The second kappa shape index (κ2) is 3.85. The van der Waals surface area contributed by atoms with Crippen molar-refractivity contribution in [2.75, 3.05) is 0 Å². The Labute approximate surface area is 59.3 Å². The van der Waals surface area contributed by atoms with Crippen molar-refractivity contribution in [1.82, 2.24) is 0 Å². The molecule has 0 heterocycles. The van der Waals surface area contributed by atoms with Gasteiger partial charge in [0.05, 0.1) is 12.0 Å². The molecule has 0 bridgehead atoms. The molecule has 0 saturated carbocycles. The average Bonchev–Trinajstić information content (AvgIpc) is 1.90. The van der Waals surface area contributed by atoms with Crippen LogP contribution < -0.4 is 5.73 Å². The summed E-state index contributed by atoms with van der Waals surface area (Å²) >= 11 is 0. The van der Waals surface area contributed by atoms with Crippen LogP contribution in [0.1, 0.15) is 13.3 Å². The van der Waals surface area contributed by atoms with Crippen LogP contribution in [0.5, 0.6) is 0 Å². The van der Waals surface area contributed by atoms with Crippen LogP contribution in [0, 0.1) is 17.2 Å². The number of nitrogens with zero attached hydrogens (tertiary/aromatic N) is 1. The summed E-state index contributed by atoms with van der Waals surface area (Å²) in [6, 6.07) is 0.781. The van der Waals surface area contributed by atoms with E-state index in [1.54, 1.807) is 6.92 Å². The maximum Gasteiger partial charge on any atom is 0.321 e. The normalized spacial score (nSPS) is 15.3. The van der Waals surface area contributed by atoms with E-state index in [-0.39, 0.29) is 0 Å². The van der Waals surface area contributed by atoms with Crippen LogP contribution in [0.4, 0.5) is 0 Å². The molecule has 0 aliphatic heterocycles. The summed E-state index contributed by atoms with van der Waals surface area (Å²) < 4.78 is 0. The third-order valence-electron chi connectivity index (χ3n) is 1.32. The summed E-state index contributed by atoms with van der Waals surface area (Å²) in [5, 5.41) is 16.7. The Morgan fingerprint density at radius 2 is 2.40 bits per heavy atom. The Bertz CT molecular complexity index is 162. The molecule has 0 aromatic carbocycles. The number of nitriles is 1. The lowest BCUT2D eigenvalue weighted by molar-refractivity contribution is -0.139. The Kier molecular flexibility index (Phi) is 3.44. The first kappa shape index (κ1) is 8.92. The van der Waals surface area contributed by atoms with Gasteiger partial charge in [0, 0.05) is 0 Å². The van der Waals surface area contributed by atoms with E-state index in [4.69, 9.17) is 16.1 Å². The van der Waals surface area contributed by atoms with E-state index in [9.17, 15) is 4.79 Å². The third-order valence-corrected chi connectivity index (χ3v) is 1.32. The summed E-state index contributed by atoms with van der Waals surface area (Å²) in [5.74, 6) is -1.69. The number of rotatable bonds is 3. The van der Waals surface area contributed by atoms with Crippen LogP contribution in [0.15, 0.2) is 0 Å². The quantitative estimate of drug-likeness (QED) is 0.578. The van der Waals surface area contributed by atoms with Gasteiger partial charge in [0.15, 0.2) is 0 Å². The van der Waals surface area contributed by atoms with Crippen LogP contribution in [-0.2, 0) is 4.79 Å². The summed E-state index contributed by atoms with van der Waals surface area (Å²) in [5.41, 5.74) is 5.16. The first-order chi connectivity index (χ1) is 4.63. The maximum atomic E-state index is 10.2. The average molecular weight is 142 g/mol. The van der Waals surface area contributed by atoms with E-state index >= 15 is 0 Å². The zero-order valence-corrected chi connectivity index (χ0v) is 5.74. The lowest BCUT2D eigenvalue weighted by atomic mass is 10.00. The van der Waals surface area contributed by atoms with Crippen LogP contribution in [-0.4, -0.2) is 17.1 Å². The number of aliphatic carboxylic acids is 1. The van der Waals surface area contributed by atoms with Crippen molar-refractivity contribution in [2.45, 2.75) is 19.4 Å². The van der Waals surface area contributed by atoms with Gasteiger partial charge < -0.3 is 10.8 Å². The van der Waals surface area contributed by atoms with Crippen LogP contribution in [0.2, 0.25) is 0 Å². The van der Waals surface area contributed by atoms with E-state index in [2.05, 4.69) is 0 Å². The van der Waals surface area contributed by atoms with E-state index in [0.717, 1.165) is 0 Å². The number of carboxylic acid groups (broad SMARTS) is 1. The van der Waals surface area contributed by atoms with Crippen LogP contribution in [0.25, 0.3) is 0 Å². The monoisotopic (exact) mass is 142 g/mol. The summed E-state index contributed by atoms with van der Waals surface area (Å²) in [6.07, 6.45) is 0.476. The Balaban J connectivity index is 4.05. The largest absolute Gasteiger partial charge is 0.480 e. The van der Waals surface area contributed by atoms with E-state index in [1.165, 1.54) is 0 Å². The van der Waals surface area contributed by atoms with Gasteiger partial charge in [0.2, 0.25) is 0 Å². The number of hydrogen-bond acceptors (Lipinski definition) is 3. The number of nitrogens with two attached hydrogens (primary N) is 1. The van der Waals surface area contributed by atoms with Gasteiger partial charge in [-0.3, -0.25) is 4.79 Å². The van der Waals surface area contributed by atoms with Gasteiger partial charge in [-0.05, 0) is 6.42 Å². The zero-order valence-electron chi connectivity index (χ0n) is 5.74. The molecule has 0 aromatic heterocycles.